The number of hydrogen-bond donors (Lipinski definition) is 1. The quantitative estimate of drug-likeness (QED) is 0.681. The molecule has 1 aliphatic heterocycles. The van der Waals surface area contributed by atoms with Crippen molar-refractivity contribution in [2.75, 3.05) is 19.6 Å². The maximum absolute atomic E-state index is 3.42. The first-order valence-corrected chi connectivity index (χ1v) is 6.76. The normalized spacial score (nSPS) is 25.4. The minimum Gasteiger partial charge on any atom is -0.317 e. The van der Waals surface area contributed by atoms with Gasteiger partial charge in [-0.2, -0.15) is 0 Å². The summed E-state index contributed by atoms with van der Waals surface area (Å²) in [7, 11) is 0. The fraction of sp³-hybridized carbons (Fsp3) is 1.00. The van der Waals surface area contributed by atoms with Crippen LogP contribution in [-0.2, 0) is 0 Å². The molecule has 1 aliphatic rings. The van der Waals surface area contributed by atoms with Gasteiger partial charge in [-0.15, -0.1) is 0 Å². The Bertz CT molecular complexity index is 159. The molecule has 0 radical (unpaired) electrons. The molecular formula is C13H28N2. The van der Waals surface area contributed by atoms with Crippen LogP contribution in [0.4, 0.5) is 0 Å². The Balaban J connectivity index is 2.31. The van der Waals surface area contributed by atoms with Crippen molar-refractivity contribution in [3.8, 4) is 0 Å². The maximum atomic E-state index is 3.42. The third kappa shape index (κ3) is 4.12. The van der Waals surface area contributed by atoms with Gasteiger partial charge < -0.3 is 5.32 Å². The molecule has 0 aliphatic carbocycles. The first kappa shape index (κ1) is 13.0. The van der Waals surface area contributed by atoms with E-state index < -0.39 is 0 Å². The molecule has 0 spiro atoms. The molecule has 2 nitrogen and oxygen atoms in total. The van der Waals surface area contributed by atoms with Crippen LogP contribution < -0.4 is 5.32 Å². The minimum absolute atomic E-state index is 0.759. The van der Waals surface area contributed by atoms with Crippen LogP contribution in [0.5, 0.6) is 0 Å². The van der Waals surface area contributed by atoms with Gasteiger partial charge in [0.1, 0.15) is 0 Å². The molecule has 0 aromatic carbocycles. The Labute approximate surface area is 95.4 Å². The summed E-state index contributed by atoms with van der Waals surface area (Å²) >= 11 is 0. The second kappa shape index (κ2) is 7.24. The van der Waals surface area contributed by atoms with Crippen molar-refractivity contribution >= 4 is 0 Å². The summed E-state index contributed by atoms with van der Waals surface area (Å²) in [5.41, 5.74) is 0. The number of hydrogen-bond acceptors (Lipinski definition) is 2. The van der Waals surface area contributed by atoms with E-state index in [0.717, 1.165) is 18.6 Å². The largest absolute Gasteiger partial charge is 0.317 e. The molecule has 0 saturated carbocycles. The maximum Gasteiger partial charge on any atom is 0.00954 e. The van der Waals surface area contributed by atoms with Crippen LogP contribution in [0.3, 0.4) is 0 Å². The van der Waals surface area contributed by atoms with Crippen molar-refractivity contribution in [1.29, 1.82) is 0 Å². The van der Waals surface area contributed by atoms with Gasteiger partial charge in [0.05, 0.1) is 0 Å². The van der Waals surface area contributed by atoms with Crippen LogP contribution in [0.1, 0.15) is 52.9 Å². The molecule has 2 atom stereocenters. The minimum atomic E-state index is 0.759. The van der Waals surface area contributed by atoms with Gasteiger partial charge in [-0.05, 0) is 52.2 Å². The summed E-state index contributed by atoms with van der Waals surface area (Å²) in [6.45, 7) is 10.5. The zero-order valence-corrected chi connectivity index (χ0v) is 10.8. The Morgan fingerprint density at radius 2 is 2.13 bits per heavy atom. The van der Waals surface area contributed by atoms with Crippen molar-refractivity contribution in [2.45, 2.75) is 65.0 Å². The van der Waals surface area contributed by atoms with Gasteiger partial charge in [0.2, 0.25) is 0 Å². The Morgan fingerprint density at radius 1 is 1.33 bits per heavy atom. The van der Waals surface area contributed by atoms with Gasteiger partial charge in [-0.3, -0.25) is 4.90 Å². The van der Waals surface area contributed by atoms with Gasteiger partial charge in [-0.25, -0.2) is 0 Å². The van der Waals surface area contributed by atoms with Crippen LogP contribution in [-0.4, -0.2) is 36.6 Å². The standard InChI is InChI=1S/C13H28N2/c1-4-13-8-6-7-11-15(13)12(3)9-10-14-5-2/h12-14H,4-11H2,1-3H3. The van der Waals surface area contributed by atoms with Crippen LogP contribution in [0, 0.1) is 0 Å². The molecule has 0 aromatic rings. The van der Waals surface area contributed by atoms with Crippen molar-refractivity contribution in [1.82, 2.24) is 10.2 Å². The predicted molar refractivity (Wildman–Crippen MR) is 67.3 cm³/mol. The molecule has 1 heterocycles. The molecule has 1 rings (SSSR count). The smallest absolute Gasteiger partial charge is 0.00954 e. The molecule has 0 bridgehead atoms. The molecule has 1 saturated heterocycles. The molecular weight excluding hydrogens is 184 g/mol. The summed E-state index contributed by atoms with van der Waals surface area (Å²) in [4.78, 5) is 2.74. The summed E-state index contributed by atoms with van der Waals surface area (Å²) in [5, 5.41) is 3.42. The van der Waals surface area contributed by atoms with Crippen LogP contribution in [0.15, 0.2) is 0 Å². The molecule has 0 amide bonds. The molecule has 2 unspecified atom stereocenters. The first-order valence-electron chi connectivity index (χ1n) is 6.76. The Kier molecular flexibility index (Phi) is 6.26. The van der Waals surface area contributed by atoms with Gasteiger partial charge in [0.15, 0.2) is 0 Å². The van der Waals surface area contributed by atoms with E-state index in [0.29, 0.717) is 0 Å². The summed E-state index contributed by atoms with van der Waals surface area (Å²) in [6.07, 6.45) is 6.88. The lowest BCUT2D eigenvalue weighted by Crippen LogP contribution is -2.45. The van der Waals surface area contributed by atoms with E-state index in [2.05, 4.69) is 31.0 Å². The predicted octanol–water partition coefficient (Wildman–Crippen LogP) is 2.64. The van der Waals surface area contributed by atoms with E-state index in [9.17, 15) is 0 Å². The molecule has 15 heavy (non-hydrogen) atoms. The van der Waals surface area contributed by atoms with Crippen LogP contribution in [0.25, 0.3) is 0 Å². The Morgan fingerprint density at radius 3 is 2.80 bits per heavy atom. The summed E-state index contributed by atoms with van der Waals surface area (Å²) < 4.78 is 0. The number of rotatable bonds is 6. The Hall–Kier alpha value is -0.0800. The van der Waals surface area contributed by atoms with Gasteiger partial charge in [0.25, 0.3) is 0 Å². The fourth-order valence-corrected chi connectivity index (χ4v) is 2.70. The van der Waals surface area contributed by atoms with Crippen LogP contribution in [0.2, 0.25) is 0 Å². The lowest BCUT2D eigenvalue weighted by molar-refractivity contribution is 0.0955. The average Bonchev–Trinajstić information content (AvgIpc) is 2.29. The lowest BCUT2D eigenvalue weighted by atomic mass is 9.97. The topological polar surface area (TPSA) is 15.3 Å². The van der Waals surface area contributed by atoms with Crippen molar-refractivity contribution < 1.29 is 0 Å². The van der Waals surface area contributed by atoms with Crippen molar-refractivity contribution in [3.05, 3.63) is 0 Å². The highest BCUT2D eigenvalue weighted by atomic mass is 15.2. The van der Waals surface area contributed by atoms with E-state index in [1.54, 1.807) is 0 Å². The summed E-state index contributed by atoms with van der Waals surface area (Å²) in [5.74, 6) is 0. The highest BCUT2D eigenvalue weighted by molar-refractivity contribution is 4.80. The lowest BCUT2D eigenvalue weighted by Gasteiger charge is -2.39. The van der Waals surface area contributed by atoms with Crippen molar-refractivity contribution in [2.24, 2.45) is 0 Å². The molecule has 1 N–H and O–H groups in total. The molecule has 2 heteroatoms. The monoisotopic (exact) mass is 212 g/mol. The fourth-order valence-electron chi connectivity index (χ4n) is 2.70. The highest BCUT2D eigenvalue weighted by Crippen LogP contribution is 2.22. The van der Waals surface area contributed by atoms with Crippen LogP contribution >= 0.6 is 0 Å². The third-order valence-electron chi connectivity index (χ3n) is 3.70. The molecule has 90 valence electrons. The van der Waals surface area contributed by atoms with Crippen molar-refractivity contribution in [3.63, 3.8) is 0 Å². The summed E-state index contributed by atoms with van der Waals surface area (Å²) in [6, 6.07) is 1.62. The highest BCUT2D eigenvalue weighted by Gasteiger charge is 2.24. The number of likely N-dealkylation sites (tertiary alicyclic amines) is 1. The van der Waals surface area contributed by atoms with Gasteiger partial charge in [-0.1, -0.05) is 20.3 Å². The second-order valence-electron chi connectivity index (χ2n) is 4.79. The third-order valence-corrected chi connectivity index (χ3v) is 3.70. The first-order chi connectivity index (χ1) is 7.29. The average molecular weight is 212 g/mol. The van der Waals surface area contributed by atoms with E-state index in [-0.39, 0.29) is 0 Å². The zero-order chi connectivity index (χ0) is 11.1. The van der Waals surface area contributed by atoms with E-state index in [1.165, 1.54) is 45.2 Å². The van der Waals surface area contributed by atoms with E-state index >= 15 is 0 Å². The van der Waals surface area contributed by atoms with Gasteiger partial charge in [0, 0.05) is 12.1 Å². The zero-order valence-electron chi connectivity index (χ0n) is 10.8. The second-order valence-corrected chi connectivity index (χ2v) is 4.79. The number of nitrogens with zero attached hydrogens (tertiary/aromatic N) is 1. The SMILES string of the molecule is CCNCCC(C)N1CCCCC1CC. The van der Waals surface area contributed by atoms with Gasteiger partial charge >= 0.3 is 0 Å². The van der Waals surface area contributed by atoms with E-state index in [1.807, 2.05) is 0 Å². The number of nitrogens with one attached hydrogen (secondary N) is 1. The molecule has 1 fully saturated rings. The number of piperidine rings is 1. The van der Waals surface area contributed by atoms with E-state index in [4.69, 9.17) is 0 Å². The molecule has 0 aromatic heterocycles.